The van der Waals surface area contributed by atoms with E-state index in [0.29, 0.717) is 29.6 Å². The summed E-state index contributed by atoms with van der Waals surface area (Å²) in [6.45, 7) is 0.632. The van der Waals surface area contributed by atoms with Crippen LogP contribution in [0.2, 0.25) is 0 Å². The van der Waals surface area contributed by atoms with Crippen molar-refractivity contribution in [1.29, 1.82) is 0 Å². The van der Waals surface area contributed by atoms with Gasteiger partial charge in [0.05, 0.1) is 10.6 Å². The molecule has 2 aromatic rings. The third-order valence-corrected chi connectivity index (χ3v) is 6.36. The number of tetrazole rings is 1. The number of aromatic nitrogens is 4. The molecule has 12 heteroatoms. The Bertz CT molecular complexity index is 972. The Hall–Kier alpha value is -2.47. The molecule has 2 heterocycles. The molecule has 10 nitrogen and oxygen atoms in total. The number of sulfonamides is 1. The summed E-state index contributed by atoms with van der Waals surface area (Å²) < 4.78 is 29.3. The highest BCUT2D eigenvalue weighted by Gasteiger charge is 2.18. The lowest BCUT2D eigenvalue weighted by Gasteiger charge is -2.11. The molecule has 0 radical (unpaired) electrons. The predicted molar refractivity (Wildman–Crippen MR) is 106 cm³/mol. The number of amides is 1. The first-order chi connectivity index (χ1) is 13.4. The van der Waals surface area contributed by atoms with Crippen LogP contribution >= 0.6 is 11.8 Å². The largest absolute Gasteiger partial charge is 0.325 e. The fourth-order valence-corrected chi connectivity index (χ4v) is 4.37. The van der Waals surface area contributed by atoms with Crippen LogP contribution in [0.1, 0.15) is 25.7 Å². The maximum absolute atomic E-state index is 12.6. The molecule has 28 heavy (non-hydrogen) atoms. The molecule has 1 aromatic carbocycles. The summed E-state index contributed by atoms with van der Waals surface area (Å²) in [6, 6.07) is 6.12. The highest BCUT2D eigenvalue weighted by molar-refractivity contribution is 7.99. The number of aryl methyl sites for hydroxylation is 1. The third kappa shape index (κ3) is 5.52. The average Bonchev–Trinajstić information content (AvgIpc) is 2.90. The second kappa shape index (κ2) is 9.15. The minimum atomic E-state index is -3.75. The van der Waals surface area contributed by atoms with Crippen LogP contribution in [0.25, 0.3) is 0 Å². The van der Waals surface area contributed by atoms with Gasteiger partial charge in [0.15, 0.2) is 0 Å². The minimum absolute atomic E-state index is 0.0717. The number of amidine groups is 1. The highest BCUT2D eigenvalue weighted by atomic mass is 32.2. The Balaban J connectivity index is 1.63. The van der Waals surface area contributed by atoms with Crippen molar-refractivity contribution in [2.75, 3.05) is 17.6 Å². The molecule has 0 aliphatic carbocycles. The second-order valence-corrected chi connectivity index (χ2v) is 8.82. The van der Waals surface area contributed by atoms with E-state index in [4.69, 9.17) is 0 Å². The number of aliphatic imine (C=N–C) groups is 1. The van der Waals surface area contributed by atoms with Crippen LogP contribution < -0.4 is 10.0 Å². The van der Waals surface area contributed by atoms with E-state index in [-0.39, 0.29) is 16.6 Å². The van der Waals surface area contributed by atoms with Crippen molar-refractivity contribution >= 4 is 39.2 Å². The van der Waals surface area contributed by atoms with Gasteiger partial charge in [-0.15, -0.1) is 5.10 Å². The molecular formula is C16H21N7O3S2. The molecule has 150 valence electrons. The fourth-order valence-electron chi connectivity index (χ4n) is 2.58. The Kier molecular flexibility index (Phi) is 6.62. The number of hydrogen-bond acceptors (Lipinski definition) is 8. The lowest BCUT2D eigenvalue weighted by molar-refractivity contribution is -0.113. The van der Waals surface area contributed by atoms with Gasteiger partial charge in [0.25, 0.3) is 10.0 Å². The highest BCUT2D eigenvalue weighted by Crippen LogP contribution is 2.18. The van der Waals surface area contributed by atoms with E-state index in [9.17, 15) is 13.2 Å². The first-order valence-corrected chi connectivity index (χ1v) is 11.2. The fraction of sp³-hybridized carbons (Fsp3) is 0.438. The Labute approximate surface area is 167 Å². The summed E-state index contributed by atoms with van der Waals surface area (Å²) in [4.78, 5) is 16.5. The van der Waals surface area contributed by atoms with Crippen LogP contribution in [0.5, 0.6) is 0 Å². The number of benzene rings is 1. The van der Waals surface area contributed by atoms with Crippen molar-refractivity contribution in [1.82, 2.24) is 24.9 Å². The molecule has 0 bridgehead atoms. The summed E-state index contributed by atoms with van der Waals surface area (Å²) in [6.07, 6.45) is 3.54. The van der Waals surface area contributed by atoms with E-state index in [1.165, 1.54) is 28.6 Å². The number of anilines is 1. The Morgan fingerprint density at radius 3 is 2.93 bits per heavy atom. The minimum Gasteiger partial charge on any atom is -0.325 e. The summed E-state index contributed by atoms with van der Waals surface area (Å²) in [5.74, 6) is 0.296. The zero-order valence-corrected chi connectivity index (χ0v) is 17.0. The van der Waals surface area contributed by atoms with Crippen molar-refractivity contribution in [2.45, 2.75) is 35.7 Å². The van der Waals surface area contributed by atoms with Crippen LogP contribution in [0.4, 0.5) is 5.69 Å². The molecule has 1 aliphatic rings. The SMILES string of the molecule is Cn1nnnc1SCC(=O)Nc1cccc(S(=O)(=O)NC2=NCCCCC2)c1. The number of nitrogens with zero attached hydrogens (tertiary/aromatic N) is 5. The van der Waals surface area contributed by atoms with Gasteiger partial charge in [-0.2, -0.15) is 0 Å². The van der Waals surface area contributed by atoms with Crippen LogP contribution in [-0.4, -0.2) is 52.7 Å². The molecule has 3 rings (SSSR count). The molecule has 0 unspecified atom stereocenters. The lowest BCUT2D eigenvalue weighted by atomic mass is 10.2. The molecule has 0 fully saturated rings. The van der Waals surface area contributed by atoms with E-state index in [0.717, 1.165) is 19.3 Å². The number of thioether (sulfide) groups is 1. The number of carbonyl (C=O) groups is 1. The number of nitrogens with one attached hydrogen (secondary N) is 2. The first kappa shape index (κ1) is 20.3. The molecule has 0 atom stereocenters. The molecule has 2 N–H and O–H groups in total. The maximum atomic E-state index is 12.6. The van der Waals surface area contributed by atoms with Crippen LogP contribution in [0.15, 0.2) is 39.3 Å². The molecular weight excluding hydrogens is 402 g/mol. The second-order valence-electron chi connectivity index (χ2n) is 6.19. The number of rotatable bonds is 6. The van der Waals surface area contributed by atoms with Crippen LogP contribution in [0, 0.1) is 0 Å². The van der Waals surface area contributed by atoms with E-state index in [1.807, 2.05) is 0 Å². The quantitative estimate of drug-likeness (QED) is 0.667. The zero-order chi connectivity index (χ0) is 20.0. The molecule has 0 saturated carbocycles. The van der Waals surface area contributed by atoms with Gasteiger partial charge in [0.1, 0.15) is 5.84 Å². The van der Waals surface area contributed by atoms with E-state index >= 15 is 0 Å². The predicted octanol–water partition coefficient (Wildman–Crippen LogP) is 1.19. The van der Waals surface area contributed by atoms with Gasteiger partial charge in [-0.05, 0) is 41.5 Å². The van der Waals surface area contributed by atoms with Gasteiger partial charge in [-0.3, -0.25) is 14.5 Å². The first-order valence-electron chi connectivity index (χ1n) is 8.75. The normalized spacial score (nSPS) is 14.8. The average molecular weight is 424 g/mol. The summed E-state index contributed by atoms with van der Waals surface area (Å²) in [5.41, 5.74) is 0.396. The molecule has 1 aromatic heterocycles. The monoisotopic (exact) mass is 423 g/mol. The van der Waals surface area contributed by atoms with Crippen molar-refractivity contribution in [2.24, 2.45) is 12.0 Å². The van der Waals surface area contributed by atoms with Gasteiger partial charge in [0.2, 0.25) is 11.1 Å². The van der Waals surface area contributed by atoms with Gasteiger partial charge in [-0.1, -0.05) is 24.2 Å². The molecule has 0 spiro atoms. The van der Waals surface area contributed by atoms with Gasteiger partial charge in [0, 0.05) is 25.7 Å². The molecule has 1 amide bonds. The van der Waals surface area contributed by atoms with E-state index < -0.39 is 10.0 Å². The number of hydrogen-bond donors (Lipinski definition) is 2. The van der Waals surface area contributed by atoms with Crippen LogP contribution in [-0.2, 0) is 21.9 Å². The maximum Gasteiger partial charge on any atom is 0.262 e. The third-order valence-electron chi connectivity index (χ3n) is 3.97. The standard InChI is InChI=1S/C16H21N7O3S2/c1-23-16(19-21-22-23)27-11-15(24)18-12-6-5-7-13(10-12)28(25,26)20-14-8-3-2-4-9-17-14/h5-7,10H,2-4,8-9,11H2,1H3,(H,17,20)(H,18,24). The van der Waals surface area contributed by atoms with Crippen molar-refractivity contribution in [3.63, 3.8) is 0 Å². The Morgan fingerprint density at radius 1 is 1.29 bits per heavy atom. The van der Waals surface area contributed by atoms with Crippen molar-refractivity contribution < 1.29 is 13.2 Å². The zero-order valence-electron chi connectivity index (χ0n) is 15.3. The van der Waals surface area contributed by atoms with E-state index in [2.05, 4.69) is 30.6 Å². The number of carbonyl (C=O) groups excluding carboxylic acids is 1. The van der Waals surface area contributed by atoms with Crippen molar-refractivity contribution in [3.05, 3.63) is 24.3 Å². The summed E-state index contributed by atoms with van der Waals surface area (Å²) in [5, 5.41) is 14.2. The van der Waals surface area contributed by atoms with E-state index in [1.54, 1.807) is 19.2 Å². The van der Waals surface area contributed by atoms with Gasteiger partial charge >= 0.3 is 0 Å². The van der Waals surface area contributed by atoms with Crippen molar-refractivity contribution in [3.8, 4) is 0 Å². The lowest BCUT2D eigenvalue weighted by Crippen LogP contribution is -2.30. The molecule has 0 saturated heterocycles. The summed E-state index contributed by atoms with van der Waals surface area (Å²) >= 11 is 1.18. The molecule has 1 aliphatic heterocycles. The smallest absolute Gasteiger partial charge is 0.262 e. The topological polar surface area (TPSA) is 131 Å². The van der Waals surface area contributed by atoms with Gasteiger partial charge < -0.3 is 5.32 Å². The Morgan fingerprint density at radius 2 is 2.14 bits per heavy atom. The van der Waals surface area contributed by atoms with Gasteiger partial charge in [-0.25, -0.2) is 13.1 Å². The summed E-state index contributed by atoms with van der Waals surface area (Å²) in [7, 11) is -2.07. The van der Waals surface area contributed by atoms with Crippen LogP contribution in [0.3, 0.4) is 0 Å².